The molecule has 0 aliphatic heterocycles. The highest BCUT2D eigenvalue weighted by molar-refractivity contribution is 7.09. The van der Waals surface area contributed by atoms with Crippen molar-refractivity contribution in [2.75, 3.05) is 11.9 Å². The van der Waals surface area contributed by atoms with Crippen molar-refractivity contribution in [3.05, 3.63) is 45.9 Å². The van der Waals surface area contributed by atoms with E-state index >= 15 is 0 Å². The van der Waals surface area contributed by atoms with Crippen molar-refractivity contribution in [3.63, 3.8) is 0 Å². The van der Waals surface area contributed by atoms with Crippen molar-refractivity contribution < 1.29 is 9.53 Å². The number of benzene rings is 1. The predicted molar refractivity (Wildman–Crippen MR) is 81.0 cm³/mol. The number of nitrogens with one attached hydrogen (secondary N) is 1. The van der Waals surface area contributed by atoms with E-state index in [9.17, 15) is 4.79 Å². The molecule has 0 radical (unpaired) electrons. The molecule has 0 saturated heterocycles. The first kappa shape index (κ1) is 14.5. The molecular weight excluding hydrogens is 272 g/mol. The lowest BCUT2D eigenvalue weighted by Crippen LogP contribution is -2.23. The molecule has 20 heavy (non-hydrogen) atoms. The molecule has 1 atom stereocenters. The number of esters is 1. The summed E-state index contributed by atoms with van der Waals surface area (Å²) in [5, 5.41) is 5.85. The quantitative estimate of drug-likeness (QED) is 0.857. The smallest absolute Gasteiger partial charge is 0.335 e. The summed E-state index contributed by atoms with van der Waals surface area (Å²) < 4.78 is 5.13. The highest BCUT2D eigenvalue weighted by Crippen LogP contribution is 2.24. The fourth-order valence-corrected chi connectivity index (χ4v) is 2.60. The Morgan fingerprint density at radius 3 is 2.60 bits per heavy atom. The summed E-state index contributed by atoms with van der Waals surface area (Å²) in [6.45, 7) is 6.09. The maximum atomic E-state index is 12.1. The number of rotatable bonds is 5. The van der Waals surface area contributed by atoms with Crippen molar-refractivity contribution >= 4 is 23.0 Å². The summed E-state index contributed by atoms with van der Waals surface area (Å²) in [5.74, 6) is -0.303. The topological polar surface area (TPSA) is 51.2 Å². The number of hydrogen-bond donors (Lipinski definition) is 1. The number of nitrogens with zero attached hydrogens (tertiary/aromatic N) is 1. The molecule has 5 heteroatoms. The minimum Gasteiger partial charge on any atom is -0.464 e. The van der Waals surface area contributed by atoms with Gasteiger partial charge in [0, 0.05) is 16.8 Å². The largest absolute Gasteiger partial charge is 0.464 e. The van der Waals surface area contributed by atoms with Gasteiger partial charge in [-0.2, -0.15) is 0 Å². The van der Waals surface area contributed by atoms with Crippen LogP contribution in [-0.4, -0.2) is 17.6 Å². The number of anilines is 1. The van der Waals surface area contributed by atoms with Crippen molar-refractivity contribution in [1.29, 1.82) is 0 Å². The van der Waals surface area contributed by atoms with E-state index in [-0.39, 0.29) is 5.97 Å². The molecule has 2 aromatic rings. The van der Waals surface area contributed by atoms with Crippen LogP contribution in [0.25, 0.3) is 0 Å². The van der Waals surface area contributed by atoms with Crippen molar-refractivity contribution in [3.8, 4) is 0 Å². The van der Waals surface area contributed by atoms with Crippen molar-refractivity contribution in [2.45, 2.75) is 26.8 Å². The number of aryl methyl sites for hydroxylation is 2. The van der Waals surface area contributed by atoms with E-state index in [0.717, 1.165) is 16.4 Å². The molecule has 1 aromatic heterocycles. The lowest BCUT2D eigenvalue weighted by Gasteiger charge is -2.16. The molecule has 0 fully saturated rings. The van der Waals surface area contributed by atoms with Gasteiger partial charge < -0.3 is 10.1 Å². The van der Waals surface area contributed by atoms with Gasteiger partial charge in [0.05, 0.1) is 6.61 Å². The Labute approximate surface area is 122 Å². The third kappa shape index (κ3) is 3.57. The van der Waals surface area contributed by atoms with Gasteiger partial charge in [0.25, 0.3) is 0 Å². The van der Waals surface area contributed by atoms with Crippen LogP contribution in [0, 0.1) is 13.8 Å². The lowest BCUT2D eigenvalue weighted by molar-refractivity contribution is -0.144. The number of hydrogen-bond acceptors (Lipinski definition) is 5. The second-order valence-corrected chi connectivity index (χ2v) is 5.41. The molecule has 1 N–H and O–H groups in total. The van der Waals surface area contributed by atoms with Gasteiger partial charge in [-0.15, -0.1) is 11.3 Å². The molecule has 0 saturated carbocycles. The highest BCUT2D eigenvalue weighted by atomic mass is 32.1. The van der Waals surface area contributed by atoms with Gasteiger partial charge in [0.2, 0.25) is 0 Å². The summed E-state index contributed by atoms with van der Waals surface area (Å²) in [7, 11) is 0. The van der Waals surface area contributed by atoms with Gasteiger partial charge in [-0.1, -0.05) is 17.7 Å². The molecule has 0 bridgehead atoms. The second kappa shape index (κ2) is 6.52. The Bertz CT molecular complexity index is 578. The van der Waals surface area contributed by atoms with Crippen LogP contribution in [0.4, 0.5) is 5.69 Å². The SMILES string of the molecule is CCOC(=O)C(Nc1ccc(C)cc1)c1nc(C)cs1. The van der Waals surface area contributed by atoms with Crippen LogP contribution in [-0.2, 0) is 9.53 Å². The van der Waals surface area contributed by atoms with E-state index in [0.29, 0.717) is 6.61 Å². The van der Waals surface area contributed by atoms with E-state index in [2.05, 4.69) is 10.3 Å². The van der Waals surface area contributed by atoms with Crippen LogP contribution in [0.2, 0.25) is 0 Å². The van der Waals surface area contributed by atoms with E-state index < -0.39 is 6.04 Å². The molecule has 2 rings (SSSR count). The summed E-state index contributed by atoms with van der Waals surface area (Å²) in [5.41, 5.74) is 2.96. The molecule has 4 nitrogen and oxygen atoms in total. The van der Waals surface area contributed by atoms with Crippen LogP contribution in [0.1, 0.15) is 29.2 Å². The summed E-state index contributed by atoms with van der Waals surface area (Å²) in [4.78, 5) is 16.5. The number of thiazole rings is 1. The van der Waals surface area contributed by atoms with Gasteiger partial charge in [-0.25, -0.2) is 9.78 Å². The molecule has 1 heterocycles. The zero-order chi connectivity index (χ0) is 14.5. The second-order valence-electron chi connectivity index (χ2n) is 4.52. The van der Waals surface area contributed by atoms with E-state index in [1.807, 2.05) is 43.5 Å². The molecular formula is C15H18N2O2S. The average Bonchev–Trinajstić information content (AvgIpc) is 2.84. The number of ether oxygens (including phenoxy) is 1. The molecule has 0 aliphatic carbocycles. The maximum Gasteiger partial charge on any atom is 0.335 e. The predicted octanol–water partition coefficient (Wildman–Crippen LogP) is 3.48. The molecule has 0 amide bonds. The van der Waals surface area contributed by atoms with Gasteiger partial charge in [-0.05, 0) is 32.9 Å². The van der Waals surface area contributed by atoms with Crippen molar-refractivity contribution in [1.82, 2.24) is 4.98 Å². The number of aromatic nitrogens is 1. The van der Waals surface area contributed by atoms with Crippen LogP contribution in [0.3, 0.4) is 0 Å². The fourth-order valence-electron chi connectivity index (χ4n) is 1.77. The van der Waals surface area contributed by atoms with E-state index in [1.165, 1.54) is 16.9 Å². The standard InChI is InChI=1S/C15H18N2O2S/c1-4-19-15(18)13(14-16-11(3)9-20-14)17-12-7-5-10(2)6-8-12/h5-9,13,17H,4H2,1-3H3. The Morgan fingerprint density at radius 2 is 2.05 bits per heavy atom. The number of carbonyl (C=O) groups excluding carboxylic acids is 1. The molecule has 1 aromatic carbocycles. The van der Waals surface area contributed by atoms with Gasteiger partial charge in [0.1, 0.15) is 5.01 Å². The van der Waals surface area contributed by atoms with Gasteiger partial charge in [0.15, 0.2) is 6.04 Å². The zero-order valence-corrected chi connectivity index (χ0v) is 12.7. The highest BCUT2D eigenvalue weighted by Gasteiger charge is 2.24. The Hall–Kier alpha value is -1.88. The Balaban J connectivity index is 2.22. The third-order valence-corrected chi connectivity index (χ3v) is 3.80. The minimum absolute atomic E-state index is 0.303. The lowest BCUT2D eigenvalue weighted by atomic mass is 10.2. The number of carbonyl (C=O) groups is 1. The summed E-state index contributed by atoms with van der Waals surface area (Å²) in [6.07, 6.45) is 0. The fraction of sp³-hybridized carbons (Fsp3) is 0.333. The average molecular weight is 290 g/mol. The third-order valence-electron chi connectivity index (χ3n) is 2.77. The van der Waals surface area contributed by atoms with E-state index in [1.54, 1.807) is 6.92 Å². The monoisotopic (exact) mass is 290 g/mol. The molecule has 0 aliphatic rings. The van der Waals surface area contributed by atoms with Gasteiger partial charge in [-0.3, -0.25) is 0 Å². The van der Waals surface area contributed by atoms with Crippen LogP contribution in [0.5, 0.6) is 0 Å². The van der Waals surface area contributed by atoms with Crippen LogP contribution in [0.15, 0.2) is 29.6 Å². The van der Waals surface area contributed by atoms with Crippen LogP contribution >= 0.6 is 11.3 Å². The summed E-state index contributed by atoms with van der Waals surface area (Å²) in [6, 6.07) is 7.33. The Kier molecular flexibility index (Phi) is 4.74. The van der Waals surface area contributed by atoms with Crippen molar-refractivity contribution in [2.24, 2.45) is 0 Å². The first-order valence-corrected chi connectivity index (χ1v) is 7.40. The normalized spacial score (nSPS) is 11.9. The Morgan fingerprint density at radius 1 is 1.35 bits per heavy atom. The summed E-state index contributed by atoms with van der Waals surface area (Å²) >= 11 is 1.46. The molecule has 1 unspecified atom stereocenters. The minimum atomic E-state index is -0.559. The first-order chi connectivity index (χ1) is 9.60. The van der Waals surface area contributed by atoms with Crippen LogP contribution < -0.4 is 5.32 Å². The molecule has 106 valence electrons. The maximum absolute atomic E-state index is 12.1. The zero-order valence-electron chi connectivity index (χ0n) is 11.8. The molecule has 0 spiro atoms. The first-order valence-electron chi connectivity index (χ1n) is 6.52. The van der Waals surface area contributed by atoms with Gasteiger partial charge >= 0.3 is 5.97 Å². The van der Waals surface area contributed by atoms with E-state index in [4.69, 9.17) is 4.74 Å².